The van der Waals surface area contributed by atoms with Crippen LogP contribution in [0.5, 0.6) is 0 Å². The molecule has 0 saturated carbocycles. The number of aromatic amines is 1. The lowest BCUT2D eigenvalue weighted by Crippen LogP contribution is -2.59. The summed E-state index contributed by atoms with van der Waals surface area (Å²) in [5, 5.41) is 19.6. The molecule has 0 bridgehead atoms. The second-order valence-corrected chi connectivity index (χ2v) is 8.43. The van der Waals surface area contributed by atoms with Gasteiger partial charge in [0.1, 0.15) is 5.60 Å². The number of ether oxygens (including phenoxy) is 1. The normalized spacial score (nSPS) is 27.0. The number of likely N-dealkylation sites (tertiary alicyclic amines) is 1. The van der Waals surface area contributed by atoms with Crippen LogP contribution in [0.3, 0.4) is 0 Å². The van der Waals surface area contributed by atoms with Crippen molar-refractivity contribution in [2.75, 3.05) is 19.7 Å². The Kier molecular flexibility index (Phi) is 6.16. The number of hydrogen-bond donors (Lipinski definition) is 4. The Morgan fingerprint density at radius 1 is 1.37 bits per heavy atom. The summed E-state index contributed by atoms with van der Waals surface area (Å²) in [5.74, 6) is -1.29. The first-order valence-electron chi connectivity index (χ1n) is 9.97. The molecule has 30 heavy (non-hydrogen) atoms. The molecule has 1 aromatic rings. The third kappa shape index (κ3) is 4.63. The van der Waals surface area contributed by atoms with Crippen molar-refractivity contribution in [1.82, 2.24) is 14.5 Å². The molecule has 5 N–H and O–H groups in total. The number of amides is 1. The van der Waals surface area contributed by atoms with Crippen LogP contribution in [0.15, 0.2) is 21.9 Å². The van der Waals surface area contributed by atoms with E-state index in [1.807, 2.05) is 0 Å². The topological polar surface area (TPSA) is 168 Å². The van der Waals surface area contributed by atoms with E-state index in [-0.39, 0.29) is 25.4 Å². The fourth-order valence-corrected chi connectivity index (χ4v) is 4.22. The molecule has 0 radical (unpaired) electrons. The van der Waals surface area contributed by atoms with E-state index in [2.05, 4.69) is 4.98 Å². The number of aromatic nitrogens is 2. The monoisotopic (exact) mass is 424 g/mol. The lowest BCUT2D eigenvalue weighted by molar-refractivity contribution is -0.202. The molecule has 2 fully saturated rings. The van der Waals surface area contributed by atoms with Gasteiger partial charge in [-0.1, -0.05) is 0 Å². The zero-order chi connectivity index (χ0) is 22.1. The molecule has 0 unspecified atom stereocenters. The minimum absolute atomic E-state index is 0.00923. The van der Waals surface area contributed by atoms with Crippen LogP contribution in [0.25, 0.3) is 0 Å². The minimum atomic E-state index is -1.31. The summed E-state index contributed by atoms with van der Waals surface area (Å²) in [6, 6.07) is -0.231. The molecule has 3 heterocycles. The number of H-pyrrole nitrogens is 1. The van der Waals surface area contributed by atoms with Crippen LogP contribution in [-0.2, 0) is 14.3 Å². The van der Waals surface area contributed by atoms with Crippen LogP contribution < -0.4 is 17.0 Å². The number of nitrogens with two attached hydrogens (primary N) is 1. The average molecular weight is 424 g/mol. The molecule has 1 spiro atoms. The molecule has 0 aliphatic carbocycles. The molecule has 11 heteroatoms. The maximum Gasteiger partial charge on any atom is 0.328 e. The van der Waals surface area contributed by atoms with Crippen molar-refractivity contribution in [3.8, 4) is 0 Å². The van der Waals surface area contributed by atoms with Gasteiger partial charge < -0.3 is 25.6 Å². The Hall–Kier alpha value is -2.50. The molecule has 166 valence electrons. The van der Waals surface area contributed by atoms with Crippen LogP contribution in [0.2, 0.25) is 0 Å². The summed E-state index contributed by atoms with van der Waals surface area (Å²) in [6.07, 6.45) is 2.62. The molecular formula is C19H28N4O7. The second-order valence-electron chi connectivity index (χ2n) is 8.43. The summed E-state index contributed by atoms with van der Waals surface area (Å²) in [6.45, 7) is 2.36. The molecule has 2 saturated heterocycles. The van der Waals surface area contributed by atoms with Crippen LogP contribution in [0, 0.1) is 0 Å². The lowest BCUT2D eigenvalue weighted by atomic mass is 9.77. The number of aliphatic carboxylic acids is 1. The first-order chi connectivity index (χ1) is 14.0. The summed E-state index contributed by atoms with van der Waals surface area (Å²) in [5.41, 5.74) is 2.81. The molecular weight excluding hydrogens is 396 g/mol. The number of rotatable bonds is 5. The largest absolute Gasteiger partial charge is 0.481 e. The van der Waals surface area contributed by atoms with E-state index in [0.29, 0.717) is 32.4 Å². The molecule has 11 nitrogen and oxygen atoms in total. The highest BCUT2D eigenvalue weighted by molar-refractivity contribution is 5.82. The van der Waals surface area contributed by atoms with Gasteiger partial charge in [0.05, 0.1) is 24.3 Å². The maximum atomic E-state index is 12.5. The number of nitrogens with one attached hydrogen (secondary N) is 1. The lowest BCUT2D eigenvalue weighted by Gasteiger charge is -2.51. The molecule has 1 amide bonds. The predicted molar refractivity (Wildman–Crippen MR) is 105 cm³/mol. The average Bonchev–Trinajstić information content (AvgIpc) is 2.69. The van der Waals surface area contributed by atoms with Crippen LogP contribution in [0.4, 0.5) is 0 Å². The number of carboxylic acids is 1. The van der Waals surface area contributed by atoms with Gasteiger partial charge in [0.2, 0.25) is 5.91 Å². The third-order valence-electron chi connectivity index (χ3n) is 6.11. The first-order valence-corrected chi connectivity index (χ1v) is 9.97. The summed E-state index contributed by atoms with van der Waals surface area (Å²) < 4.78 is 7.34. The highest BCUT2D eigenvalue weighted by atomic mass is 16.5. The number of aliphatic hydroxyl groups is 1. The van der Waals surface area contributed by atoms with E-state index in [1.54, 1.807) is 11.8 Å². The van der Waals surface area contributed by atoms with Crippen molar-refractivity contribution < 1.29 is 24.5 Å². The zero-order valence-corrected chi connectivity index (χ0v) is 16.9. The number of carboxylic acid groups (broad SMARTS) is 1. The Morgan fingerprint density at radius 2 is 2.03 bits per heavy atom. The maximum absolute atomic E-state index is 12.5. The number of hydrogen-bond acceptors (Lipinski definition) is 7. The molecule has 0 aromatic carbocycles. The Bertz CT molecular complexity index is 914. The highest BCUT2D eigenvalue weighted by Crippen LogP contribution is 2.43. The van der Waals surface area contributed by atoms with Gasteiger partial charge in [-0.2, -0.15) is 0 Å². The SMILES string of the molecule is C[C@]1(O)COC2(CCN(C(=O)[C@@H](N)CCC(=O)O)CC2)C[C@@H]1n1ccc(=O)[nH]c1=O. The van der Waals surface area contributed by atoms with Crippen LogP contribution >= 0.6 is 0 Å². The molecule has 2 aliphatic rings. The summed E-state index contributed by atoms with van der Waals surface area (Å²) in [7, 11) is 0. The fraction of sp³-hybridized carbons (Fsp3) is 0.684. The molecule has 1 aromatic heterocycles. The smallest absolute Gasteiger partial charge is 0.328 e. The Balaban J connectivity index is 1.70. The van der Waals surface area contributed by atoms with Gasteiger partial charge in [0.15, 0.2) is 0 Å². The van der Waals surface area contributed by atoms with Crippen LogP contribution in [-0.4, -0.2) is 73.5 Å². The van der Waals surface area contributed by atoms with Crippen molar-refractivity contribution in [2.45, 2.75) is 62.3 Å². The number of nitrogens with zero attached hydrogens (tertiary/aromatic N) is 2. The number of carbonyl (C=O) groups excluding carboxylic acids is 1. The quantitative estimate of drug-likeness (QED) is 0.457. The van der Waals surface area contributed by atoms with Crippen LogP contribution in [0.1, 0.15) is 45.1 Å². The van der Waals surface area contributed by atoms with Gasteiger partial charge in [0, 0.05) is 38.2 Å². The van der Waals surface area contributed by atoms with Gasteiger partial charge in [-0.25, -0.2) is 4.79 Å². The van der Waals surface area contributed by atoms with Gasteiger partial charge in [-0.15, -0.1) is 0 Å². The third-order valence-corrected chi connectivity index (χ3v) is 6.11. The summed E-state index contributed by atoms with van der Waals surface area (Å²) in [4.78, 5) is 50.7. The van der Waals surface area contributed by atoms with E-state index in [1.165, 1.54) is 16.8 Å². The van der Waals surface area contributed by atoms with Crippen molar-refractivity contribution in [1.29, 1.82) is 0 Å². The van der Waals surface area contributed by atoms with E-state index >= 15 is 0 Å². The molecule has 3 atom stereocenters. The first kappa shape index (κ1) is 22.2. The van der Waals surface area contributed by atoms with E-state index in [0.717, 1.165) is 0 Å². The van der Waals surface area contributed by atoms with E-state index < -0.39 is 40.5 Å². The highest BCUT2D eigenvalue weighted by Gasteiger charge is 2.49. The Morgan fingerprint density at radius 3 is 2.63 bits per heavy atom. The van der Waals surface area contributed by atoms with Crippen molar-refractivity contribution >= 4 is 11.9 Å². The van der Waals surface area contributed by atoms with Gasteiger partial charge in [-0.3, -0.25) is 23.9 Å². The minimum Gasteiger partial charge on any atom is -0.481 e. The van der Waals surface area contributed by atoms with Crippen molar-refractivity contribution in [2.24, 2.45) is 5.73 Å². The van der Waals surface area contributed by atoms with E-state index in [4.69, 9.17) is 15.6 Å². The van der Waals surface area contributed by atoms with Gasteiger partial charge in [-0.05, 0) is 26.2 Å². The number of carbonyl (C=O) groups is 2. The zero-order valence-electron chi connectivity index (χ0n) is 16.9. The fourth-order valence-electron chi connectivity index (χ4n) is 4.22. The second kappa shape index (κ2) is 8.32. The van der Waals surface area contributed by atoms with Gasteiger partial charge in [0.25, 0.3) is 5.56 Å². The summed E-state index contributed by atoms with van der Waals surface area (Å²) >= 11 is 0. The molecule has 3 rings (SSSR count). The van der Waals surface area contributed by atoms with Crippen molar-refractivity contribution in [3.63, 3.8) is 0 Å². The number of piperidine rings is 1. The van der Waals surface area contributed by atoms with E-state index in [9.17, 15) is 24.3 Å². The van der Waals surface area contributed by atoms with Crippen molar-refractivity contribution in [3.05, 3.63) is 33.1 Å². The predicted octanol–water partition coefficient (Wildman–Crippen LogP) is -1.20. The molecule has 2 aliphatic heterocycles. The van der Waals surface area contributed by atoms with Gasteiger partial charge >= 0.3 is 11.7 Å². The Labute approximate surface area is 172 Å². The standard InChI is InChI=1S/C19H28N4O7/c1-18(29)11-30-19(10-13(18)23-7-4-14(24)21-17(23)28)5-8-22(9-6-19)16(27)12(20)2-3-15(25)26/h4,7,12-13,29H,2-3,5-6,8-11,20H2,1H3,(H,25,26)(H,21,24,28)/t12-,13-,18-/m0/s1.